The van der Waals surface area contributed by atoms with E-state index in [1.54, 1.807) is 12.1 Å². The molecular formula is C14H17NO4. The van der Waals surface area contributed by atoms with E-state index < -0.39 is 18.1 Å². The summed E-state index contributed by atoms with van der Waals surface area (Å²) in [6, 6.07) is 4.42. The highest BCUT2D eigenvalue weighted by atomic mass is 16.4. The van der Waals surface area contributed by atoms with E-state index in [2.05, 4.69) is 0 Å². The van der Waals surface area contributed by atoms with Crippen LogP contribution in [0.25, 0.3) is 0 Å². The zero-order chi connectivity index (χ0) is 14.2. The normalized spacial score (nSPS) is 22.6. The largest absolute Gasteiger partial charge is 0.480 e. The van der Waals surface area contributed by atoms with E-state index in [4.69, 9.17) is 5.11 Å². The fraction of sp³-hybridized carbons (Fsp3) is 0.429. The Labute approximate surface area is 111 Å². The molecule has 1 saturated heterocycles. The van der Waals surface area contributed by atoms with Crippen molar-refractivity contribution >= 4 is 11.9 Å². The maximum absolute atomic E-state index is 12.4. The molecule has 2 atom stereocenters. The second-order valence-electron chi connectivity index (χ2n) is 4.95. The van der Waals surface area contributed by atoms with Gasteiger partial charge in [-0.3, -0.25) is 4.79 Å². The minimum atomic E-state index is -1.07. The summed E-state index contributed by atoms with van der Waals surface area (Å²) in [7, 11) is 0. The molecule has 5 nitrogen and oxygen atoms in total. The highest BCUT2D eigenvalue weighted by Gasteiger charge is 2.39. The van der Waals surface area contributed by atoms with Crippen LogP contribution in [0, 0.1) is 13.8 Å². The summed E-state index contributed by atoms with van der Waals surface area (Å²) in [4.78, 5) is 24.8. The van der Waals surface area contributed by atoms with E-state index >= 15 is 0 Å². The number of likely N-dealkylation sites (tertiary alicyclic amines) is 1. The molecule has 1 aromatic rings. The number of rotatable bonds is 2. The molecule has 102 valence electrons. The molecule has 2 N–H and O–H groups in total. The van der Waals surface area contributed by atoms with Crippen molar-refractivity contribution in [3.8, 4) is 0 Å². The Morgan fingerprint density at radius 1 is 1.32 bits per heavy atom. The van der Waals surface area contributed by atoms with Gasteiger partial charge in [0, 0.05) is 18.5 Å². The zero-order valence-corrected chi connectivity index (χ0v) is 11.0. The number of carbonyl (C=O) groups excluding carboxylic acids is 1. The monoisotopic (exact) mass is 263 g/mol. The zero-order valence-electron chi connectivity index (χ0n) is 11.0. The Morgan fingerprint density at radius 2 is 2.00 bits per heavy atom. The van der Waals surface area contributed by atoms with Crippen molar-refractivity contribution < 1.29 is 19.8 Å². The second-order valence-corrected chi connectivity index (χ2v) is 4.95. The molecule has 5 heteroatoms. The molecule has 2 rings (SSSR count). The number of aliphatic hydroxyl groups excluding tert-OH is 1. The summed E-state index contributed by atoms with van der Waals surface area (Å²) in [5.74, 6) is -1.40. The lowest BCUT2D eigenvalue weighted by atomic mass is 10.0. The summed E-state index contributed by atoms with van der Waals surface area (Å²) in [5, 5.41) is 18.7. The number of aliphatic hydroxyl groups is 1. The van der Waals surface area contributed by atoms with Crippen molar-refractivity contribution in [2.45, 2.75) is 32.4 Å². The van der Waals surface area contributed by atoms with Crippen molar-refractivity contribution in [1.82, 2.24) is 4.90 Å². The van der Waals surface area contributed by atoms with Crippen LogP contribution in [0.4, 0.5) is 0 Å². The lowest BCUT2D eigenvalue weighted by Crippen LogP contribution is -2.40. The number of carbonyl (C=O) groups is 2. The molecule has 0 saturated carbocycles. The smallest absolute Gasteiger partial charge is 0.326 e. The van der Waals surface area contributed by atoms with Gasteiger partial charge in [0.2, 0.25) is 0 Å². The number of carboxylic acids is 1. The van der Waals surface area contributed by atoms with Crippen LogP contribution in [0.3, 0.4) is 0 Å². The van der Waals surface area contributed by atoms with Gasteiger partial charge >= 0.3 is 5.97 Å². The van der Waals surface area contributed by atoms with E-state index in [1.807, 2.05) is 19.9 Å². The third-order valence-electron chi connectivity index (χ3n) is 3.66. The van der Waals surface area contributed by atoms with Gasteiger partial charge in [-0.15, -0.1) is 0 Å². The molecule has 0 aliphatic carbocycles. The Bertz CT molecular complexity index is 526. The minimum Gasteiger partial charge on any atom is -0.480 e. The average molecular weight is 263 g/mol. The van der Waals surface area contributed by atoms with Crippen LogP contribution >= 0.6 is 0 Å². The SMILES string of the molecule is Cc1cccc(C(=O)N2CC(O)C[C@H]2C(=O)O)c1C. The fourth-order valence-corrected chi connectivity index (χ4v) is 2.41. The minimum absolute atomic E-state index is 0.0726. The van der Waals surface area contributed by atoms with Crippen molar-refractivity contribution in [1.29, 1.82) is 0 Å². The molecule has 19 heavy (non-hydrogen) atoms. The van der Waals surface area contributed by atoms with Gasteiger partial charge in [0.1, 0.15) is 6.04 Å². The average Bonchev–Trinajstić information content (AvgIpc) is 2.74. The summed E-state index contributed by atoms with van der Waals surface area (Å²) < 4.78 is 0. The van der Waals surface area contributed by atoms with Crippen LogP contribution in [0.2, 0.25) is 0 Å². The van der Waals surface area contributed by atoms with Crippen LogP contribution in [-0.4, -0.2) is 45.7 Å². The highest BCUT2D eigenvalue weighted by Crippen LogP contribution is 2.23. The summed E-state index contributed by atoms with van der Waals surface area (Å²) >= 11 is 0. The van der Waals surface area contributed by atoms with Crippen LogP contribution in [0.1, 0.15) is 27.9 Å². The van der Waals surface area contributed by atoms with Gasteiger partial charge in [0.25, 0.3) is 5.91 Å². The quantitative estimate of drug-likeness (QED) is 0.833. The van der Waals surface area contributed by atoms with E-state index in [1.165, 1.54) is 4.90 Å². The first kappa shape index (κ1) is 13.5. The van der Waals surface area contributed by atoms with Gasteiger partial charge in [-0.25, -0.2) is 4.79 Å². The van der Waals surface area contributed by atoms with Gasteiger partial charge in [-0.1, -0.05) is 12.1 Å². The number of aliphatic carboxylic acids is 1. The number of aryl methyl sites for hydroxylation is 1. The molecule has 0 aromatic heterocycles. The van der Waals surface area contributed by atoms with E-state index in [0.717, 1.165) is 11.1 Å². The van der Waals surface area contributed by atoms with Gasteiger partial charge in [-0.2, -0.15) is 0 Å². The molecule has 1 fully saturated rings. The third kappa shape index (κ3) is 2.46. The number of β-amino-alcohol motifs (C(OH)–C–C–N with tert-alkyl or cyclic N) is 1. The van der Waals surface area contributed by atoms with Crippen LogP contribution in [-0.2, 0) is 4.79 Å². The maximum atomic E-state index is 12.4. The molecule has 1 aliphatic heterocycles. The molecule has 0 spiro atoms. The number of carboxylic acid groups (broad SMARTS) is 1. The summed E-state index contributed by atoms with van der Waals surface area (Å²) in [6.07, 6.45) is -0.679. The highest BCUT2D eigenvalue weighted by molar-refractivity contribution is 5.98. The van der Waals surface area contributed by atoms with E-state index in [9.17, 15) is 14.7 Å². The third-order valence-corrected chi connectivity index (χ3v) is 3.66. The van der Waals surface area contributed by atoms with Gasteiger partial charge in [0.15, 0.2) is 0 Å². The Morgan fingerprint density at radius 3 is 2.63 bits per heavy atom. The first-order chi connectivity index (χ1) is 8.91. The van der Waals surface area contributed by atoms with Crippen LogP contribution < -0.4 is 0 Å². The predicted molar refractivity (Wildman–Crippen MR) is 69.0 cm³/mol. The Kier molecular flexibility index (Phi) is 3.57. The fourth-order valence-electron chi connectivity index (χ4n) is 2.41. The molecule has 0 radical (unpaired) electrons. The van der Waals surface area contributed by atoms with Crippen LogP contribution in [0.15, 0.2) is 18.2 Å². The number of amides is 1. The van der Waals surface area contributed by atoms with Gasteiger partial charge < -0.3 is 15.1 Å². The van der Waals surface area contributed by atoms with Crippen LogP contribution in [0.5, 0.6) is 0 Å². The Hall–Kier alpha value is -1.88. The molecule has 1 unspecified atom stereocenters. The first-order valence-corrected chi connectivity index (χ1v) is 6.20. The standard InChI is InChI=1S/C14H17NO4/c1-8-4-3-5-11(9(8)2)13(17)15-7-10(16)6-12(15)14(18)19/h3-5,10,12,16H,6-7H2,1-2H3,(H,18,19)/t10?,12-/m0/s1. The van der Waals surface area contributed by atoms with Crippen molar-refractivity contribution in [3.05, 3.63) is 34.9 Å². The van der Waals surface area contributed by atoms with Crippen molar-refractivity contribution in [2.24, 2.45) is 0 Å². The number of hydrogen-bond acceptors (Lipinski definition) is 3. The molecule has 1 amide bonds. The van der Waals surface area contributed by atoms with Crippen molar-refractivity contribution in [2.75, 3.05) is 6.54 Å². The number of nitrogens with zero attached hydrogens (tertiary/aromatic N) is 1. The Balaban J connectivity index is 2.33. The topological polar surface area (TPSA) is 77.8 Å². The van der Waals surface area contributed by atoms with Crippen molar-refractivity contribution in [3.63, 3.8) is 0 Å². The summed E-state index contributed by atoms with van der Waals surface area (Å²) in [5.41, 5.74) is 2.33. The predicted octanol–water partition coefficient (Wildman–Crippen LogP) is 0.963. The lowest BCUT2D eigenvalue weighted by molar-refractivity contribution is -0.141. The van der Waals surface area contributed by atoms with E-state index in [0.29, 0.717) is 5.56 Å². The molecule has 0 bridgehead atoms. The molecule has 1 heterocycles. The summed E-state index contributed by atoms with van der Waals surface area (Å²) in [6.45, 7) is 3.81. The molecular weight excluding hydrogens is 246 g/mol. The lowest BCUT2D eigenvalue weighted by Gasteiger charge is -2.22. The molecule has 1 aromatic carbocycles. The second kappa shape index (κ2) is 5.01. The maximum Gasteiger partial charge on any atom is 0.326 e. The number of benzene rings is 1. The first-order valence-electron chi connectivity index (χ1n) is 6.20. The van der Waals surface area contributed by atoms with Gasteiger partial charge in [-0.05, 0) is 31.0 Å². The molecule has 1 aliphatic rings. The van der Waals surface area contributed by atoms with E-state index in [-0.39, 0.29) is 18.9 Å². The van der Waals surface area contributed by atoms with Gasteiger partial charge in [0.05, 0.1) is 6.10 Å². The number of hydrogen-bond donors (Lipinski definition) is 2.